The van der Waals surface area contributed by atoms with Gasteiger partial charge in [-0.15, -0.1) is 11.3 Å². The fourth-order valence-electron chi connectivity index (χ4n) is 4.14. The topological polar surface area (TPSA) is 114 Å². The quantitative estimate of drug-likeness (QED) is 0.487. The zero-order valence-electron chi connectivity index (χ0n) is 19.7. The van der Waals surface area contributed by atoms with Crippen LogP contribution >= 0.6 is 11.3 Å². The summed E-state index contributed by atoms with van der Waals surface area (Å²) in [7, 11) is -3.54. The van der Waals surface area contributed by atoms with E-state index in [9.17, 15) is 18.0 Å². The molecule has 1 aliphatic rings. The van der Waals surface area contributed by atoms with E-state index in [0.717, 1.165) is 27.4 Å². The molecule has 11 heteroatoms. The second-order valence-corrected chi connectivity index (χ2v) is 11.5. The number of aryl methyl sites for hydroxylation is 3. The lowest BCUT2D eigenvalue weighted by molar-refractivity contribution is -0.917. The minimum atomic E-state index is -3.54. The maximum absolute atomic E-state index is 13.1. The van der Waals surface area contributed by atoms with Crippen LogP contribution in [0.1, 0.15) is 39.1 Å². The summed E-state index contributed by atoms with van der Waals surface area (Å²) in [6.45, 7) is 10.0. The number of quaternary nitrogens is 1. The van der Waals surface area contributed by atoms with Crippen LogP contribution in [0.2, 0.25) is 0 Å². The highest BCUT2D eigenvalue weighted by Gasteiger charge is 2.31. The van der Waals surface area contributed by atoms with Crippen molar-refractivity contribution in [1.29, 1.82) is 0 Å². The monoisotopic (exact) mass is 505 g/mol. The lowest BCUT2D eigenvalue weighted by atomic mass is 10.1. The lowest BCUT2D eigenvalue weighted by Gasteiger charge is -2.31. The number of piperazine rings is 1. The molecular formula is C23H29N4O5S2+. The number of ether oxygens (including phenoxy) is 1. The highest BCUT2D eigenvalue weighted by atomic mass is 32.2. The largest absolute Gasteiger partial charge is 0.462 e. The Morgan fingerprint density at radius 2 is 1.91 bits per heavy atom. The first-order chi connectivity index (χ1) is 16.1. The minimum Gasteiger partial charge on any atom is -0.462 e. The summed E-state index contributed by atoms with van der Waals surface area (Å²) in [5.41, 5.74) is 2.31. The van der Waals surface area contributed by atoms with Crippen molar-refractivity contribution in [3.05, 3.63) is 55.9 Å². The fraction of sp³-hybridized carbons (Fsp3) is 0.435. The summed E-state index contributed by atoms with van der Waals surface area (Å²) in [4.78, 5) is 34.7. The SMILES string of the molecule is CCOC(=O)c1sc2nc(C[NH+]3CCN(S(=O)(=O)c4ccc(C)c(C)c4)CC3)[nH]c(=O)c2c1C. The third-order valence-electron chi connectivity index (χ3n) is 6.27. The molecule has 1 aromatic carbocycles. The molecule has 3 aromatic rings. The molecule has 9 nitrogen and oxygen atoms in total. The van der Waals surface area contributed by atoms with Gasteiger partial charge in [0.1, 0.15) is 16.3 Å². The third kappa shape index (κ3) is 4.65. The Balaban J connectivity index is 1.47. The zero-order chi connectivity index (χ0) is 24.6. The summed E-state index contributed by atoms with van der Waals surface area (Å²) < 4.78 is 32.7. The Labute approximate surface area is 202 Å². The maximum atomic E-state index is 13.1. The highest BCUT2D eigenvalue weighted by Crippen LogP contribution is 2.27. The number of nitrogens with one attached hydrogen (secondary N) is 2. The van der Waals surface area contributed by atoms with Crippen LogP contribution in [0, 0.1) is 20.8 Å². The van der Waals surface area contributed by atoms with Gasteiger partial charge in [-0.3, -0.25) is 4.79 Å². The van der Waals surface area contributed by atoms with Crippen LogP contribution in [0.3, 0.4) is 0 Å². The number of rotatable bonds is 6. The summed E-state index contributed by atoms with van der Waals surface area (Å²) in [6, 6.07) is 5.22. The molecular weight excluding hydrogens is 476 g/mol. The van der Waals surface area contributed by atoms with Crippen molar-refractivity contribution in [2.45, 2.75) is 39.1 Å². The predicted octanol–water partition coefficient (Wildman–Crippen LogP) is 1.18. The predicted molar refractivity (Wildman–Crippen MR) is 130 cm³/mol. The lowest BCUT2D eigenvalue weighted by Crippen LogP contribution is -3.13. The third-order valence-corrected chi connectivity index (χ3v) is 9.33. The smallest absolute Gasteiger partial charge is 0.348 e. The Hall–Kier alpha value is -2.60. The van der Waals surface area contributed by atoms with Crippen LogP contribution in [0.5, 0.6) is 0 Å². The van der Waals surface area contributed by atoms with Gasteiger partial charge in [0.2, 0.25) is 10.0 Å². The van der Waals surface area contributed by atoms with E-state index in [2.05, 4.69) is 9.97 Å². The second kappa shape index (κ2) is 9.57. The number of hydrogen-bond acceptors (Lipinski definition) is 7. The summed E-state index contributed by atoms with van der Waals surface area (Å²) >= 11 is 1.16. The number of aromatic nitrogens is 2. The molecule has 0 spiro atoms. The molecule has 1 aliphatic heterocycles. The van der Waals surface area contributed by atoms with Gasteiger partial charge < -0.3 is 14.6 Å². The van der Waals surface area contributed by atoms with Crippen molar-refractivity contribution in [2.24, 2.45) is 0 Å². The molecule has 1 saturated heterocycles. The molecule has 0 saturated carbocycles. The molecule has 1 fully saturated rings. The van der Waals surface area contributed by atoms with E-state index in [1.807, 2.05) is 19.9 Å². The van der Waals surface area contributed by atoms with E-state index >= 15 is 0 Å². The standard InChI is InChI=1S/C23H28N4O5S2/c1-5-32-23(29)20-16(4)19-21(28)24-18(25-22(19)33-20)13-26-8-10-27(11-9-26)34(30,31)17-7-6-14(2)15(3)12-17/h6-7,12H,5,8-11,13H2,1-4H3,(H,24,25,28)/p+1. The Bertz CT molecular complexity index is 1400. The molecule has 34 heavy (non-hydrogen) atoms. The molecule has 0 unspecified atom stereocenters. The molecule has 4 rings (SSSR count). The first-order valence-electron chi connectivity index (χ1n) is 11.2. The first-order valence-corrected chi connectivity index (χ1v) is 13.5. The van der Waals surface area contributed by atoms with Gasteiger partial charge in [-0.2, -0.15) is 4.31 Å². The zero-order valence-corrected chi connectivity index (χ0v) is 21.4. The van der Waals surface area contributed by atoms with Gasteiger partial charge in [0.25, 0.3) is 5.56 Å². The average Bonchev–Trinajstić information content (AvgIpc) is 3.13. The van der Waals surface area contributed by atoms with E-state index in [-0.39, 0.29) is 12.2 Å². The number of thiophene rings is 1. The fourth-order valence-corrected chi connectivity index (χ4v) is 6.76. The Morgan fingerprint density at radius 3 is 2.56 bits per heavy atom. The Kier molecular flexibility index (Phi) is 6.90. The Morgan fingerprint density at radius 1 is 1.21 bits per heavy atom. The van der Waals surface area contributed by atoms with Gasteiger partial charge in [0.05, 0.1) is 43.1 Å². The van der Waals surface area contributed by atoms with Crippen LogP contribution in [-0.2, 0) is 21.3 Å². The van der Waals surface area contributed by atoms with E-state index in [0.29, 0.717) is 64.1 Å². The molecule has 182 valence electrons. The van der Waals surface area contributed by atoms with E-state index in [4.69, 9.17) is 4.74 Å². The van der Waals surface area contributed by atoms with Crippen molar-refractivity contribution >= 4 is 37.5 Å². The van der Waals surface area contributed by atoms with Gasteiger partial charge in [-0.25, -0.2) is 18.2 Å². The molecule has 0 atom stereocenters. The molecule has 0 radical (unpaired) electrons. The van der Waals surface area contributed by atoms with Crippen LogP contribution < -0.4 is 10.5 Å². The number of esters is 1. The molecule has 0 amide bonds. The van der Waals surface area contributed by atoms with Crippen LogP contribution in [0.15, 0.2) is 27.9 Å². The van der Waals surface area contributed by atoms with Crippen molar-refractivity contribution in [3.63, 3.8) is 0 Å². The van der Waals surface area contributed by atoms with E-state index < -0.39 is 16.0 Å². The van der Waals surface area contributed by atoms with Gasteiger partial charge in [-0.1, -0.05) is 6.07 Å². The maximum Gasteiger partial charge on any atom is 0.348 e. The van der Waals surface area contributed by atoms with Gasteiger partial charge in [0, 0.05) is 0 Å². The number of aromatic amines is 1. The van der Waals surface area contributed by atoms with Gasteiger partial charge in [0.15, 0.2) is 5.82 Å². The molecule has 2 aromatic heterocycles. The number of H-pyrrole nitrogens is 1. The minimum absolute atomic E-state index is 0.260. The first kappa shape index (κ1) is 24.5. The molecule has 0 bridgehead atoms. The number of fused-ring (bicyclic) bond motifs is 1. The van der Waals surface area contributed by atoms with E-state index in [1.165, 1.54) is 4.31 Å². The highest BCUT2D eigenvalue weighted by molar-refractivity contribution is 7.89. The number of carbonyl (C=O) groups excluding carboxylic acids is 1. The molecule has 0 aliphatic carbocycles. The number of nitrogens with zero attached hydrogens (tertiary/aromatic N) is 2. The normalized spacial score (nSPS) is 15.6. The van der Waals surface area contributed by atoms with E-state index in [1.54, 1.807) is 26.0 Å². The van der Waals surface area contributed by atoms with Gasteiger partial charge in [-0.05, 0) is 56.5 Å². The number of carbonyl (C=O) groups is 1. The summed E-state index contributed by atoms with van der Waals surface area (Å²) in [6.07, 6.45) is 0. The van der Waals surface area contributed by atoms with Crippen molar-refractivity contribution in [1.82, 2.24) is 14.3 Å². The number of sulfonamides is 1. The molecule has 3 heterocycles. The summed E-state index contributed by atoms with van der Waals surface area (Å²) in [5.74, 6) is 0.0744. The van der Waals surface area contributed by atoms with Crippen LogP contribution in [0.4, 0.5) is 0 Å². The van der Waals surface area contributed by atoms with Crippen LogP contribution in [0.25, 0.3) is 10.2 Å². The van der Waals surface area contributed by atoms with Crippen molar-refractivity contribution in [2.75, 3.05) is 32.8 Å². The van der Waals surface area contributed by atoms with Crippen molar-refractivity contribution in [3.8, 4) is 0 Å². The average molecular weight is 506 g/mol. The molecule has 2 N–H and O–H groups in total. The van der Waals surface area contributed by atoms with Crippen LogP contribution in [-0.4, -0.2) is 61.4 Å². The number of hydrogen-bond donors (Lipinski definition) is 2. The summed E-state index contributed by atoms with van der Waals surface area (Å²) in [5, 5.41) is 0.413. The van der Waals surface area contributed by atoms with Crippen molar-refractivity contribution < 1.29 is 22.8 Å². The second-order valence-electron chi connectivity index (χ2n) is 8.55. The number of benzene rings is 1. The van der Waals surface area contributed by atoms with Gasteiger partial charge >= 0.3 is 5.97 Å².